The van der Waals surface area contributed by atoms with Crippen LogP contribution in [-0.2, 0) is 0 Å². The molecule has 1 aliphatic heterocycles. The topological polar surface area (TPSA) is 20.3 Å². The van der Waals surface area contributed by atoms with E-state index in [1.165, 1.54) is 32.1 Å². The van der Waals surface area contributed by atoms with Crippen molar-refractivity contribution in [2.24, 2.45) is 11.8 Å². The van der Waals surface area contributed by atoms with Gasteiger partial charge in [0.25, 0.3) is 0 Å². The molecule has 0 aromatic heterocycles. The summed E-state index contributed by atoms with van der Waals surface area (Å²) in [4.78, 5) is 14.9. The molecular formula is C19H29NO. The zero-order valence-electron chi connectivity index (χ0n) is 13.6. The number of hydrogen-bond acceptors (Lipinski definition) is 2. The van der Waals surface area contributed by atoms with E-state index in [2.05, 4.69) is 18.7 Å². The first-order chi connectivity index (χ1) is 10.2. The van der Waals surface area contributed by atoms with Crippen LogP contribution >= 0.6 is 0 Å². The number of carbonyl (C=O) groups is 1. The predicted molar refractivity (Wildman–Crippen MR) is 88.6 cm³/mol. The first-order valence-corrected chi connectivity index (χ1v) is 8.52. The second-order valence-electron chi connectivity index (χ2n) is 6.52. The van der Waals surface area contributed by atoms with E-state index in [1.54, 1.807) is 0 Å². The van der Waals surface area contributed by atoms with Gasteiger partial charge in [0.05, 0.1) is 0 Å². The third-order valence-corrected chi connectivity index (χ3v) is 4.68. The van der Waals surface area contributed by atoms with Gasteiger partial charge in [0, 0.05) is 18.0 Å². The van der Waals surface area contributed by atoms with Crippen molar-refractivity contribution in [1.82, 2.24) is 4.90 Å². The van der Waals surface area contributed by atoms with Crippen LogP contribution in [0.5, 0.6) is 0 Å². The maximum atomic E-state index is 12.4. The zero-order valence-corrected chi connectivity index (χ0v) is 13.6. The number of benzene rings is 1. The highest BCUT2D eigenvalue weighted by Gasteiger charge is 2.21. The number of rotatable bonds is 6. The Hall–Kier alpha value is -1.15. The summed E-state index contributed by atoms with van der Waals surface area (Å²) in [5.41, 5.74) is 0.851. The molecular weight excluding hydrogens is 258 g/mol. The van der Waals surface area contributed by atoms with E-state index in [4.69, 9.17) is 0 Å². The molecule has 1 heterocycles. The Morgan fingerprint density at radius 3 is 2.71 bits per heavy atom. The van der Waals surface area contributed by atoms with Gasteiger partial charge in [0.15, 0.2) is 5.78 Å². The SMILES string of the molecule is CCCC1CCCN(CC(C)C(=O)c2ccccc2)CC1. The van der Waals surface area contributed by atoms with Crippen molar-refractivity contribution < 1.29 is 4.79 Å². The minimum Gasteiger partial charge on any atom is -0.303 e. The molecule has 1 aromatic rings. The van der Waals surface area contributed by atoms with Crippen molar-refractivity contribution in [3.05, 3.63) is 35.9 Å². The number of carbonyl (C=O) groups excluding carboxylic acids is 1. The van der Waals surface area contributed by atoms with Gasteiger partial charge in [-0.15, -0.1) is 0 Å². The number of hydrogen-bond donors (Lipinski definition) is 0. The Labute approximate surface area is 129 Å². The molecule has 2 rings (SSSR count). The molecule has 1 fully saturated rings. The van der Waals surface area contributed by atoms with Gasteiger partial charge in [-0.05, 0) is 38.3 Å². The highest BCUT2D eigenvalue weighted by molar-refractivity contribution is 5.97. The number of likely N-dealkylation sites (tertiary alicyclic amines) is 1. The summed E-state index contributed by atoms with van der Waals surface area (Å²) in [6.45, 7) is 7.59. The maximum absolute atomic E-state index is 12.4. The van der Waals surface area contributed by atoms with Gasteiger partial charge in [-0.25, -0.2) is 0 Å². The molecule has 0 amide bonds. The van der Waals surface area contributed by atoms with Crippen molar-refractivity contribution in [2.75, 3.05) is 19.6 Å². The Morgan fingerprint density at radius 1 is 1.24 bits per heavy atom. The molecule has 21 heavy (non-hydrogen) atoms. The van der Waals surface area contributed by atoms with Crippen LogP contribution in [0.25, 0.3) is 0 Å². The van der Waals surface area contributed by atoms with E-state index < -0.39 is 0 Å². The first-order valence-electron chi connectivity index (χ1n) is 8.52. The summed E-state index contributed by atoms with van der Waals surface area (Å²) in [6, 6.07) is 9.71. The van der Waals surface area contributed by atoms with Crippen molar-refractivity contribution >= 4 is 5.78 Å². The summed E-state index contributed by atoms with van der Waals surface area (Å²) >= 11 is 0. The molecule has 0 spiro atoms. The van der Waals surface area contributed by atoms with Gasteiger partial charge < -0.3 is 4.90 Å². The second-order valence-corrected chi connectivity index (χ2v) is 6.52. The highest BCUT2D eigenvalue weighted by atomic mass is 16.1. The minimum atomic E-state index is 0.0927. The molecule has 2 heteroatoms. The molecule has 116 valence electrons. The molecule has 2 atom stereocenters. The summed E-state index contributed by atoms with van der Waals surface area (Å²) in [6.07, 6.45) is 6.63. The van der Waals surface area contributed by atoms with Gasteiger partial charge in [-0.2, -0.15) is 0 Å². The molecule has 1 saturated heterocycles. The average Bonchev–Trinajstić information content (AvgIpc) is 2.73. The second kappa shape index (κ2) is 8.33. The van der Waals surface area contributed by atoms with Gasteiger partial charge in [-0.3, -0.25) is 4.79 Å². The molecule has 0 saturated carbocycles. The largest absolute Gasteiger partial charge is 0.303 e. The third kappa shape index (κ3) is 4.96. The highest BCUT2D eigenvalue weighted by Crippen LogP contribution is 2.22. The van der Waals surface area contributed by atoms with Crippen molar-refractivity contribution in [1.29, 1.82) is 0 Å². The van der Waals surface area contributed by atoms with E-state index in [9.17, 15) is 4.79 Å². The Kier molecular flexibility index (Phi) is 6.44. The quantitative estimate of drug-likeness (QED) is 0.722. The maximum Gasteiger partial charge on any atom is 0.166 e. The standard InChI is InChI=1S/C19H29NO/c1-3-8-17-9-7-13-20(14-12-17)15-16(2)19(21)18-10-5-4-6-11-18/h4-6,10-11,16-17H,3,7-9,12-15H2,1-2H3. The molecule has 1 aromatic carbocycles. The monoisotopic (exact) mass is 287 g/mol. The number of nitrogens with zero attached hydrogens (tertiary/aromatic N) is 1. The van der Waals surface area contributed by atoms with Crippen LogP contribution in [0.4, 0.5) is 0 Å². The van der Waals surface area contributed by atoms with Gasteiger partial charge in [0.2, 0.25) is 0 Å². The fourth-order valence-electron chi connectivity index (χ4n) is 3.46. The van der Waals surface area contributed by atoms with Crippen LogP contribution in [0.2, 0.25) is 0 Å². The third-order valence-electron chi connectivity index (χ3n) is 4.68. The van der Waals surface area contributed by atoms with Crippen molar-refractivity contribution in [3.63, 3.8) is 0 Å². The fraction of sp³-hybridized carbons (Fsp3) is 0.632. The Balaban J connectivity index is 1.85. The summed E-state index contributed by atoms with van der Waals surface area (Å²) < 4.78 is 0. The van der Waals surface area contributed by atoms with Gasteiger partial charge in [-0.1, -0.05) is 57.0 Å². The first kappa shape index (κ1) is 16.2. The van der Waals surface area contributed by atoms with Crippen LogP contribution in [-0.4, -0.2) is 30.3 Å². The molecule has 1 aliphatic rings. The Morgan fingerprint density at radius 2 is 2.00 bits per heavy atom. The van der Waals surface area contributed by atoms with Gasteiger partial charge in [0.1, 0.15) is 0 Å². The lowest BCUT2D eigenvalue weighted by Gasteiger charge is -2.23. The lowest BCUT2D eigenvalue weighted by Crippen LogP contribution is -2.32. The molecule has 0 aliphatic carbocycles. The molecule has 0 bridgehead atoms. The number of ketones is 1. The van der Waals surface area contributed by atoms with Crippen LogP contribution in [0.3, 0.4) is 0 Å². The molecule has 0 N–H and O–H groups in total. The minimum absolute atomic E-state index is 0.0927. The zero-order chi connectivity index (χ0) is 15.1. The van der Waals surface area contributed by atoms with Crippen molar-refractivity contribution in [2.45, 2.75) is 46.0 Å². The summed E-state index contributed by atoms with van der Waals surface area (Å²) in [5, 5.41) is 0. The van der Waals surface area contributed by atoms with E-state index in [-0.39, 0.29) is 11.7 Å². The van der Waals surface area contributed by atoms with E-state index in [0.29, 0.717) is 0 Å². The van der Waals surface area contributed by atoms with Crippen LogP contribution in [0.15, 0.2) is 30.3 Å². The van der Waals surface area contributed by atoms with Crippen LogP contribution in [0, 0.1) is 11.8 Å². The normalized spacial score (nSPS) is 21.7. The van der Waals surface area contributed by atoms with E-state index >= 15 is 0 Å². The lowest BCUT2D eigenvalue weighted by molar-refractivity contribution is 0.0894. The predicted octanol–water partition coefficient (Wildman–Crippen LogP) is 4.41. The number of Topliss-reactive ketones (excluding diaryl/α,β-unsaturated/α-hetero) is 1. The van der Waals surface area contributed by atoms with Crippen LogP contribution in [0.1, 0.15) is 56.3 Å². The average molecular weight is 287 g/mol. The smallest absolute Gasteiger partial charge is 0.166 e. The van der Waals surface area contributed by atoms with E-state index in [1.807, 2.05) is 30.3 Å². The summed E-state index contributed by atoms with van der Waals surface area (Å²) in [5.74, 6) is 1.28. The summed E-state index contributed by atoms with van der Waals surface area (Å²) in [7, 11) is 0. The molecule has 0 radical (unpaired) electrons. The fourth-order valence-corrected chi connectivity index (χ4v) is 3.46. The Bertz CT molecular complexity index is 428. The van der Waals surface area contributed by atoms with Crippen LogP contribution < -0.4 is 0 Å². The molecule has 2 nitrogen and oxygen atoms in total. The molecule has 2 unspecified atom stereocenters. The van der Waals surface area contributed by atoms with E-state index in [0.717, 1.165) is 31.1 Å². The lowest BCUT2D eigenvalue weighted by atomic mass is 9.96. The van der Waals surface area contributed by atoms with Gasteiger partial charge >= 0.3 is 0 Å². The van der Waals surface area contributed by atoms with Crippen molar-refractivity contribution in [3.8, 4) is 0 Å².